The average Bonchev–Trinajstić information content (AvgIpc) is 2.95. The van der Waals surface area contributed by atoms with Gasteiger partial charge in [0.25, 0.3) is 5.88 Å². The molecule has 2 aliphatic rings. The summed E-state index contributed by atoms with van der Waals surface area (Å²) >= 11 is 0. The quantitative estimate of drug-likeness (QED) is 0.435. The van der Waals surface area contributed by atoms with Crippen LogP contribution >= 0.6 is 0 Å². The van der Waals surface area contributed by atoms with Crippen molar-refractivity contribution >= 4 is 17.5 Å². The van der Waals surface area contributed by atoms with Crippen LogP contribution in [0.4, 0.5) is 11.6 Å². The first-order valence-corrected chi connectivity index (χ1v) is 14.0. The Morgan fingerprint density at radius 3 is 2.67 bits per heavy atom. The van der Waals surface area contributed by atoms with E-state index in [0.717, 1.165) is 56.6 Å². The number of hydrogen-bond acceptors (Lipinski definition) is 9. The number of pyridine rings is 1. The first-order valence-electron chi connectivity index (χ1n) is 14.0. The van der Waals surface area contributed by atoms with Crippen molar-refractivity contribution < 1.29 is 14.3 Å². The molecule has 4 heterocycles. The summed E-state index contributed by atoms with van der Waals surface area (Å²) in [6.07, 6.45) is 6.71. The number of aryl methyl sites for hydroxylation is 1. The van der Waals surface area contributed by atoms with Crippen molar-refractivity contribution in [3.8, 4) is 22.9 Å². The van der Waals surface area contributed by atoms with Gasteiger partial charge in [0, 0.05) is 49.9 Å². The highest BCUT2D eigenvalue weighted by atomic mass is 16.5. The summed E-state index contributed by atoms with van der Waals surface area (Å²) < 4.78 is 12.2. The van der Waals surface area contributed by atoms with Gasteiger partial charge in [-0.05, 0) is 74.0 Å². The second kappa shape index (κ2) is 12.1. The third-order valence-electron chi connectivity index (χ3n) is 7.92. The normalized spacial score (nSPS) is 16.0. The fourth-order valence-electron chi connectivity index (χ4n) is 5.54. The first-order chi connectivity index (χ1) is 19.3. The van der Waals surface area contributed by atoms with Gasteiger partial charge in [0.05, 0.1) is 18.5 Å². The van der Waals surface area contributed by atoms with Crippen LogP contribution in [-0.2, 0) is 24.4 Å². The molecule has 2 aromatic heterocycles. The van der Waals surface area contributed by atoms with Crippen molar-refractivity contribution in [2.24, 2.45) is 5.92 Å². The Labute approximate surface area is 235 Å². The fraction of sp³-hybridized carbons (Fsp3) is 0.467. The summed E-state index contributed by atoms with van der Waals surface area (Å²) in [4.78, 5) is 29.5. The highest BCUT2D eigenvalue weighted by molar-refractivity contribution is 5.75. The molecule has 0 aliphatic carbocycles. The Morgan fingerprint density at radius 2 is 1.90 bits per heavy atom. The van der Waals surface area contributed by atoms with Gasteiger partial charge < -0.3 is 30.7 Å². The van der Waals surface area contributed by atoms with Crippen molar-refractivity contribution in [1.82, 2.24) is 24.8 Å². The summed E-state index contributed by atoms with van der Waals surface area (Å²) in [5, 5.41) is 0. The van der Waals surface area contributed by atoms with Gasteiger partial charge in [0.2, 0.25) is 5.91 Å². The number of nitrogens with two attached hydrogens (primary N) is 2. The molecule has 1 aromatic carbocycles. The molecule has 40 heavy (non-hydrogen) atoms. The number of anilines is 2. The van der Waals surface area contributed by atoms with Crippen LogP contribution in [0.15, 0.2) is 30.6 Å². The van der Waals surface area contributed by atoms with Gasteiger partial charge in [-0.1, -0.05) is 6.92 Å². The monoisotopic (exact) mass is 545 g/mol. The predicted octanol–water partition coefficient (Wildman–Crippen LogP) is 3.61. The largest absolute Gasteiger partial charge is 0.489 e. The third-order valence-corrected chi connectivity index (χ3v) is 7.92. The number of carbonyl (C=O) groups is 1. The molecule has 3 aromatic rings. The van der Waals surface area contributed by atoms with Crippen molar-refractivity contribution in [2.75, 3.05) is 44.8 Å². The van der Waals surface area contributed by atoms with E-state index >= 15 is 0 Å². The van der Waals surface area contributed by atoms with E-state index in [1.165, 1.54) is 16.7 Å². The maximum Gasteiger partial charge on any atom is 0.258 e. The van der Waals surface area contributed by atoms with E-state index in [1.54, 1.807) is 12.4 Å². The predicted molar refractivity (Wildman–Crippen MR) is 155 cm³/mol. The lowest BCUT2D eigenvalue weighted by Gasteiger charge is -2.32. The smallest absolute Gasteiger partial charge is 0.258 e. The minimum Gasteiger partial charge on any atom is -0.489 e. The lowest BCUT2D eigenvalue weighted by molar-refractivity contribution is -0.132. The molecule has 0 bridgehead atoms. The second-order valence-corrected chi connectivity index (χ2v) is 10.8. The van der Waals surface area contributed by atoms with E-state index in [-0.39, 0.29) is 24.2 Å². The number of hydrogen-bond donors (Lipinski definition) is 2. The lowest BCUT2D eigenvalue weighted by atomic mass is 9.92. The highest BCUT2D eigenvalue weighted by Gasteiger charge is 2.23. The number of likely N-dealkylation sites (N-methyl/N-ethyl adjacent to an activating group) is 1. The zero-order chi connectivity index (χ0) is 28.2. The molecule has 0 spiro atoms. The van der Waals surface area contributed by atoms with E-state index in [0.29, 0.717) is 36.2 Å². The van der Waals surface area contributed by atoms with Crippen LogP contribution in [0.2, 0.25) is 0 Å². The third kappa shape index (κ3) is 6.12. The number of nitrogens with zero attached hydrogens (tertiary/aromatic N) is 5. The van der Waals surface area contributed by atoms with E-state index in [4.69, 9.17) is 25.9 Å². The van der Waals surface area contributed by atoms with Crippen molar-refractivity contribution in [1.29, 1.82) is 0 Å². The van der Waals surface area contributed by atoms with Gasteiger partial charge in [0.1, 0.15) is 6.61 Å². The molecule has 0 atom stereocenters. The molecule has 0 radical (unpaired) electrons. The molecular formula is C30H39N7O3. The van der Waals surface area contributed by atoms with Crippen LogP contribution in [0.5, 0.6) is 11.6 Å². The molecule has 1 amide bonds. The van der Waals surface area contributed by atoms with Crippen LogP contribution in [0.3, 0.4) is 0 Å². The van der Waals surface area contributed by atoms with Crippen LogP contribution in [0.25, 0.3) is 11.3 Å². The Morgan fingerprint density at radius 1 is 1.10 bits per heavy atom. The Kier molecular flexibility index (Phi) is 8.35. The molecule has 1 saturated heterocycles. The molecular weight excluding hydrogens is 506 g/mol. The van der Waals surface area contributed by atoms with Gasteiger partial charge >= 0.3 is 0 Å². The summed E-state index contributed by atoms with van der Waals surface area (Å²) in [6, 6.07) is 6.18. The number of ether oxygens (including phenoxy) is 2. The molecule has 5 rings (SSSR count). The van der Waals surface area contributed by atoms with Gasteiger partial charge in [-0.3, -0.25) is 4.79 Å². The molecule has 0 unspecified atom stereocenters. The Hall–Kier alpha value is -3.92. The highest BCUT2D eigenvalue weighted by Crippen LogP contribution is 2.31. The zero-order valence-corrected chi connectivity index (χ0v) is 23.7. The average molecular weight is 546 g/mol. The number of benzene rings is 1. The number of piperidine rings is 1. The molecule has 1 fully saturated rings. The molecule has 10 heteroatoms. The van der Waals surface area contributed by atoms with Crippen molar-refractivity contribution in [3.63, 3.8) is 0 Å². The Balaban J connectivity index is 1.27. The van der Waals surface area contributed by atoms with E-state index < -0.39 is 0 Å². The fourth-order valence-corrected chi connectivity index (χ4v) is 5.54. The molecule has 2 aliphatic heterocycles. The second-order valence-electron chi connectivity index (χ2n) is 10.8. The van der Waals surface area contributed by atoms with E-state index in [9.17, 15) is 4.79 Å². The Bertz CT molecular complexity index is 1370. The number of likely N-dealkylation sites (tertiary alicyclic amines) is 1. The molecule has 4 N–H and O–H groups in total. The number of fused-ring (bicyclic) bond motifs is 1. The number of rotatable bonds is 8. The lowest BCUT2D eigenvalue weighted by Crippen LogP contribution is -2.39. The summed E-state index contributed by atoms with van der Waals surface area (Å²) in [5.74, 6) is 1.84. The maximum absolute atomic E-state index is 12.0. The number of nitrogen functional groups attached to an aromatic ring is 2. The topological polar surface area (TPSA) is 133 Å². The van der Waals surface area contributed by atoms with Gasteiger partial charge in [-0.2, -0.15) is 0 Å². The minimum atomic E-state index is 0.155. The van der Waals surface area contributed by atoms with E-state index in [2.05, 4.69) is 41.0 Å². The van der Waals surface area contributed by atoms with Crippen LogP contribution in [0, 0.1) is 12.8 Å². The first kappa shape index (κ1) is 27.6. The van der Waals surface area contributed by atoms with Gasteiger partial charge in [-0.25, -0.2) is 15.0 Å². The number of carbonyl (C=O) groups excluding carboxylic acids is 1. The summed E-state index contributed by atoms with van der Waals surface area (Å²) in [6.45, 7) is 8.20. The van der Waals surface area contributed by atoms with Crippen molar-refractivity contribution in [2.45, 2.75) is 52.7 Å². The SMILES string of the molecule is CCC(=O)N1CCC(COc2c(COc3nc(-c4cc(C)c5c(c4)CN(C)CC5)cnc3N)ccnc2N)CC1. The summed E-state index contributed by atoms with van der Waals surface area (Å²) in [7, 11) is 2.14. The zero-order valence-electron chi connectivity index (χ0n) is 23.7. The van der Waals surface area contributed by atoms with Crippen LogP contribution < -0.4 is 20.9 Å². The summed E-state index contributed by atoms with van der Waals surface area (Å²) in [5.41, 5.74) is 18.8. The standard InChI is InChI=1S/C30H39N7O3/c1-4-26(38)37-11-6-20(7-12-37)17-39-27-21(5-9-33-28(27)31)18-40-30-29(32)34-15-25(35-30)22-13-19(2)24-8-10-36(3)16-23(24)14-22/h5,9,13-15,20H,4,6-8,10-12,16-18H2,1-3H3,(H2,31,33)(H2,32,34). The van der Waals surface area contributed by atoms with Crippen molar-refractivity contribution in [3.05, 3.63) is 52.8 Å². The van der Waals surface area contributed by atoms with Gasteiger partial charge in [0.15, 0.2) is 17.4 Å². The van der Waals surface area contributed by atoms with E-state index in [1.807, 2.05) is 17.9 Å². The molecule has 10 nitrogen and oxygen atoms in total. The molecule has 0 saturated carbocycles. The number of aromatic nitrogens is 3. The van der Waals surface area contributed by atoms with Gasteiger partial charge in [-0.15, -0.1) is 0 Å². The minimum absolute atomic E-state index is 0.155. The number of amides is 1. The van der Waals surface area contributed by atoms with Crippen LogP contribution in [0.1, 0.15) is 48.4 Å². The maximum atomic E-state index is 12.0. The van der Waals surface area contributed by atoms with Crippen LogP contribution in [-0.4, -0.2) is 63.9 Å². The molecule has 212 valence electrons.